The monoisotopic (exact) mass is 266 g/mol. The van der Waals surface area contributed by atoms with Gasteiger partial charge in [-0.15, -0.1) is 11.6 Å². The Morgan fingerprint density at radius 3 is 2.00 bits per heavy atom. The van der Waals surface area contributed by atoms with Crippen LogP contribution in [0.15, 0.2) is 0 Å². The molecule has 3 nitrogen and oxygen atoms in total. The first kappa shape index (κ1) is 17.2. The molecule has 0 aromatic rings. The first-order valence-electron chi connectivity index (χ1n) is 6.60. The number of unbranched alkanes of at least 4 members (excludes halogenated alkanes) is 3. The summed E-state index contributed by atoms with van der Waals surface area (Å²) >= 11 is 5.59. The van der Waals surface area contributed by atoms with Gasteiger partial charge in [0.15, 0.2) is 0 Å². The summed E-state index contributed by atoms with van der Waals surface area (Å²) < 4.78 is 16.2. The van der Waals surface area contributed by atoms with Crippen LogP contribution in [-0.4, -0.2) is 45.0 Å². The van der Waals surface area contributed by atoms with Gasteiger partial charge in [-0.25, -0.2) is 0 Å². The van der Waals surface area contributed by atoms with Gasteiger partial charge >= 0.3 is 0 Å². The van der Waals surface area contributed by atoms with E-state index in [4.69, 9.17) is 25.8 Å². The van der Waals surface area contributed by atoms with E-state index < -0.39 is 0 Å². The van der Waals surface area contributed by atoms with Crippen LogP contribution in [0.3, 0.4) is 0 Å². The molecule has 0 spiro atoms. The Morgan fingerprint density at radius 2 is 1.35 bits per heavy atom. The van der Waals surface area contributed by atoms with E-state index in [0.717, 1.165) is 25.3 Å². The fourth-order valence-corrected chi connectivity index (χ4v) is 1.51. The van der Waals surface area contributed by atoms with Crippen molar-refractivity contribution in [3.05, 3.63) is 0 Å². The molecule has 0 radical (unpaired) electrons. The normalized spacial score (nSPS) is 11.3. The zero-order valence-electron chi connectivity index (χ0n) is 11.3. The maximum absolute atomic E-state index is 5.59. The first-order chi connectivity index (χ1) is 8.27. The lowest BCUT2D eigenvalue weighted by atomic mass is 10.2. The van der Waals surface area contributed by atoms with Crippen molar-refractivity contribution in [1.82, 2.24) is 0 Å². The molecule has 0 aliphatic heterocycles. The average Bonchev–Trinajstić information content (AvgIpc) is 2.30. The molecule has 0 N–H and O–H groups in total. The molecule has 0 heterocycles. The van der Waals surface area contributed by atoms with Crippen LogP contribution < -0.4 is 0 Å². The smallest absolute Gasteiger partial charge is 0.0703 e. The van der Waals surface area contributed by atoms with Gasteiger partial charge in [-0.05, 0) is 26.7 Å². The zero-order chi connectivity index (χ0) is 12.8. The maximum Gasteiger partial charge on any atom is 0.0703 e. The molecule has 4 heteroatoms. The molecule has 104 valence electrons. The lowest BCUT2D eigenvalue weighted by molar-refractivity contribution is -0.00184. The highest BCUT2D eigenvalue weighted by atomic mass is 35.5. The number of hydrogen-bond donors (Lipinski definition) is 0. The zero-order valence-corrected chi connectivity index (χ0v) is 12.0. The summed E-state index contributed by atoms with van der Waals surface area (Å²) in [5, 5.41) is 0. The minimum absolute atomic E-state index is 0.280. The number of rotatable bonds is 13. The third-order valence-corrected chi connectivity index (χ3v) is 2.49. The van der Waals surface area contributed by atoms with Crippen molar-refractivity contribution in [3.63, 3.8) is 0 Å². The first-order valence-corrected chi connectivity index (χ1v) is 7.14. The highest BCUT2D eigenvalue weighted by Crippen LogP contribution is 2.01. The lowest BCUT2D eigenvalue weighted by Gasteiger charge is -2.08. The van der Waals surface area contributed by atoms with Gasteiger partial charge in [-0.2, -0.15) is 0 Å². The van der Waals surface area contributed by atoms with Crippen LogP contribution in [0.4, 0.5) is 0 Å². The Morgan fingerprint density at radius 1 is 0.765 bits per heavy atom. The Hall–Kier alpha value is 0.170. The number of alkyl halides is 1. The van der Waals surface area contributed by atoms with Crippen molar-refractivity contribution in [2.75, 3.05) is 38.9 Å². The molecule has 0 aromatic carbocycles. The van der Waals surface area contributed by atoms with E-state index >= 15 is 0 Å². The Balaban J connectivity index is 2.89. The molecule has 0 saturated carbocycles. The summed E-state index contributed by atoms with van der Waals surface area (Å²) in [5.41, 5.74) is 0. The van der Waals surface area contributed by atoms with Crippen molar-refractivity contribution in [2.24, 2.45) is 0 Å². The van der Waals surface area contributed by atoms with Gasteiger partial charge in [0.05, 0.1) is 32.5 Å². The van der Waals surface area contributed by atoms with Gasteiger partial charge in [0.2, 0.25) is 0 Å². The average molecular weight is 267 g/mol. The van der Waals surface area contributed by atoms with Gasteiger partial charge in [-0.3, -0.25) is 0 Å². The molecule has 0 aliphatic rings. The summed E-state index contributed by atoms with van der Waals surface area (Å²) in [5.74, 6) is 0.771. The molecule has 0 fully saturated rings. The second-order valence-electron chi connectivity index (χ2n) is 4.25. The van der Waals surface area contributed by atoms with Gasteiger partial charge in [0.1, 0.15) is 0 Å². The van der Waals surface area contributed by atoms with E-state index in [9.17, 15) is 0 Å². The third-order valence-electron chi connectivity index (χ3n) is 2.22. The van der Waals surface area contributed by atoms with E-state index in [2.05, 4.69) is 0 Å². The number of hydrogen-bond acceptors (Lipinski definition) is 3. The largest absolute Gasteiger partial charge is 0.379 e. The van der Waals surface area contributed by atoms with E-state index in [1.807, 2.05) is 13.8 Å². The summed E-state index contributed by atoms with van der Waals surface area (Å²) in [6.07, 6.45) is 4.92. The van der Waals surface area contributed by atoms with Gasteiger partial charge in [-0.1, -0.05) is 12.8 Å². The second kappa shape index (κ2) is 14.2. The van der Waals surface area contributed by atoms with Crippen molar-refractivity contribution >= 4 is 11.6 Å². The Kier molecular flexibility index (Phi) is 14.4. The molecule has 0 rings (SSSR count). The number of ether oxygens (including phenoxy) is 3. The van der Waals surface area contributed by atoms with Crippen LogP contribution in [0, 0.1) is 0 Å². The highest BCUT2D eigenvalue weighted by molar-refractivity contribution is 6.17. The van der Waals surface area contributed by atoms with Gasteiger partial charge in [0, 0.05) is 12.5 Å². The molecule has 0 saturated heterocycles. The van der Waals surface area contributed by atoms with Crippen molar-refractivity contribution in [3.8, 4) is 0 Å². The standard InChI is InChI=1S/C13H27ClO3/c1-13(2)17-12-11-16-10-9-15-8-6-4-3-5-7-14/h13H,3-12H2,1-2H3. The molecule has 0 aromatic heterocycles. The van der Waals surface area contributed by atoms with Crippen molar-refractivity contribution in [1.29, 1.82) is 0 Å². The molecular weight excluding hydrogens is 240 g/mol. The predicted octanol–water partition coefficient (Wildman–Crippen LogP) is 3.24. The SMILES string of the molecule is CC(C)OCCOCCOCCCCCCCl. The minimum Gasteiger partial charge on any atom is -0.379 e. The third kappa shape index (κ3) is 16.2. The van der Waals surface area contributed by atoms with Crippen molar-refractivity contribution in [2.45, 2.75) is 45.6 Å². The van der Waals surface area contributed by atoms with E-state index in [1.165, 1.54) is 12.8 Å². The van der Waals surface area contributed by atoms with Crippen LogP contribution >= 0.6 is 11.6 Å². The van der Waals surface area contributed by atoms with Crippen molar-refractivity contribution < 1.29 is 14.2 Å². The molecule has 0 atom stereocenters. The summed E-state index contributed by atoms with van der Waals surface area (Å²) in [6, 6.07) is 0. The quantitative estimate of drug-likeness (QED) is 0.378. The van der Waals surface area contributed by atoms with Gasteiger partial charge in [0.25, 0.3) is 0 Å². The van der Waals surface area contributed by atoms with Gasteiger partial charge < -0.3 is 14.2 Å². The van der Waals surface area contributed by atoms with E-state index in [0.29, 0.717) is 26.4 Å². The topological polar surface area (TPSA) is 27.7 Å². The van der Waals surface area contributed by atoms with Crippen LogP contribution in [0.25, 0.3) is 0 Å². The van der Waals surface area contributed by atoms with Crippen LogP contribution in [0.1, 0.15) is 39.5 Å². The molecule has 0 bridgehead atoms. The molecule has 0 aliphatic carbocycles. The Bertz CT molecular complexity index is 143. The summed E-state index contributed by atoms with van der Waals surface area (Å²) in [6.45, 7) is 7.52. The minimum atomic E-state index is 0.280. The maximum atomic E-state index is 5.59. The van der Waals surface area contributed by atoms with Crippen LogP contribution in [0.5, 0.6) is 0 Å². The molecule has 0 unspecified atom stereocenters. The lowest BCUT2D eigenvalue weighted by Crippen LogP contribution is -2.12. The fourth-order valence-electron chi connectivity index (χ4n) is 1.32. The van der Waals surface area contributed by atoms with Crippen LogP contribution in [0.2, 0.25) is 0 Å². The predicted molar refractivity (Wildman–Crippen MR) is 71.9 cm³/mol. The summed E-state index contributed by atoms with van der Waals surface area (Å²) in [7, 11) is 0. The van der Waals surface area contributed by atoms with E-state index in [-0.39, 0.29) is 6.10 Å². The summed E-state index contributed by atoms with van der Waals surface area (Å²) in [4.78, 5) is 0. The second-order valence-corrected chi connectivity index (χ2v) is 4.63. The molecule has 17 heavy (non-hydrogen) atoms. The van der Waals surface area contributed by atoms with E-state index in [1.54, 1.807) is 0 Å². The highest BCUT2D eigenvalue weighted by Gasteiger charge is 1.94. The fraction of sp³-hybridized carbons (Fsp3) is 1.00. The molecular formula is C13H27ClO3. The molecule has 0 amide bonds. The Labute approximate surface area is 111 Å². The number of halogens is 1. The van der Waals surface area contributed by atoms with Crippen LogP contribution in [-0.2, 0) is 14.2 Å².